The molecular formula is C18H23FO7. The fourth-order valence-electron chi connectivity index (χ4n) is 2.62. The van der Waals surface area contributed by atoms with Crippen LogP contribution in [0.1, 0.15) is 39.2 Å². The Balaban J connectivity index is 2.21. The van der Waals surface area contributed by atoms with Crippen molar-refractivity contribution in [3.8, 4) is 11.5 Å². The SMILES string of the molecule is CC(C)(C)OC(=O)[C@@H](Cc1cc(F)c2c(c1)OCO2)[C@H](O)CCC(=O)O. The van der Waals surface area contributed by atoms with E-state index < -0.39 is 35.4 Å². The molecule has 0 unspecified atom stereocenters. The molecule has 1 aromatic carbocycles. The van der Waals surface area contributed by atoms with Crippen LogP contribution < -0.4 is 9.47 Å². The van der Waals surface area contributed by atoms with E-state index >= 15 is 0 Å². The quantitative estimate of drug-likeness (QED) is 0.710. The van der Waals surface area contributed by atoms with E-state index in [4.69, 9.17) is 19.3 Å². The molecule has 1 aromatic rings. The van der Waals surface area contributed by atoms with E-state index in [1.807, 2.05) is 0 Å². The number of aliphatic carboxylic acids is 1. The van der Waals surface area contributed by atoms with Crippen molar-refractivity contribution in [2.24, 2.45) is 5.92 Å². The zero-order valence-electron chi connectivity index (χ0n) is 15.0. The van der Waals surface area contributed by atoms with E-state index in [-0.39, 0.29) is 37.6 Å². The molecule has 1 aliphatic heterocycles. The van der Waals surface area contributed by atoms with Gasteiger partial charge in [-0.2, -0.15) is 0 Å². The molecule has 1 heterocycles. The molecule has 0 aliphatic carbocycles. The van der Waals surface area contributed by atoms with E-state index in [9.17, 15) is 19.1 Å². The van der Waals surface area contributed by atoms with Gasteiger partial charge in [0.15, 0.2) is 11.6 Å². The van der Waals surface area contributed by atoms with Gasteiger partial charge in [-0.1, -0.05) is 0 Å². The third-order valence-electron chi connectivity index (χ3n) is 3.77. The van der Waals surface area contributed by atoms with Gasteiger partial charge in [0, 0.05) is 6.42 Å². The molecule has 2 N–H and O–H groups in total. The van der Waals surface area contributed by atoms with Gasteiger partial charge in [0.1, 0.15) is 5.60 Å². The Morgan fingerprint density at radius 3 is 2.62 bits per heavy atom. The molecule has 0 saturated heterocycles. The number of carboxylic acids is 1. The summed E-state index contributed by atoms with van der Waals surface area (Å²) in [6.45, 7) is 4.97. The number of carbonyl (C=O) groups is 2. The lowest BCUT2D eigenvalue weighted by Gasteiger charge is -2.26. The van der Waals surface area contributed by atoms with Gasteiger partial charge in [0.05, 0.1) is 12.0 Å². The predicted octanol–water partition coefficient (Wildman–Crippen LogP) is 2.28. The summed E-state index contributed by atoms with van der Waals surface area (Å²) in [4.78, 5) is 23.2. The normalized spacial score (nSPS) is 15.4. The van der Waals surface area contributed by atoms with Crippen LogP contribution in [0.4, 0.5) is 4.39 Å². The van der Waals surface area contributed by atoms with Crippen molar-refractivity contribution in [1.29, 1.82) is 0 Å². The molecule has 1 aliphatic rings. The summed E-state index contributed by atoms with van der Waals surface area (Å²) in [5.41, 5.74) is -0.362. The number of hydrogen-bond donors (Lipinski definition) is 2. The van der Waals surface area contributed by atoms with Crippen LogP contribution in [0.25, 0.3) is 0 Å². The number of esters is 1. The highest BCUT2D eigenvalue weighted by molar-refractivity contribution is 5.74. The van der Waals surface area contributed by atoms with Crippen LogP contribution in [0.15, 0.2) is 12.1 Å². The van der Waals surface area contributed by atoms with E-state index in [2.05, 4.69) is 0 Å². The number of ether oxygens (including phenoxy) is 3. The third kappa shape index (κ3) is 5.32. The average molecular weight is 370 g/mol. The van der Waals surface area contributed by atoms with Gasteiger partial charge in [0.2, 0.25) is 12.5 Å². The second-order valence-corrected chi connectivity index (χ2v) is 7.16. The minimum absolute atomic E-state index is 0.00833. The number of aliphatic hydroxyl groups is 1. The summed E-state index contributed by atoms with van der Waals surface area (Å²) in [7, 11) is 0. The maximum absolute atomic E-state index is 14.1. The summed E-state index contributed by atoms with van der Waals surface area (Å²) in [6, 6.07) is 2.74. The predicted molar refractivity (Wildman–Crippen MR) is 88.4 cm³/mol. The minimum Gasteiger partial charge on any atom is -0.481 e. The molecule has 0 fully saturated rings. The average Bonchev–Trinajstić information content (AvgIpc) is 2.97. The van der Waals surface area contributed by atoms with Gasteiger partial charge in [-0.3, -0.25) is 9.59 Å². The Morgan fingerprint density at radius 1 is 1.31 bits per heavy atom. The largest absolute Gasteiger partial charge is 0.481 e. The van der Waals surface area contributed by atoms with Gasteiger partial charge in [-0.25, -0.2) is 4.39 Å². The van der Waals surface area contributed by atoms with Gasteiger partial charge in [-0.05, 0) is 51.3 Å². The molecule has 144 valence electrons. The first kappa shape index (κ1) is 20.0. The van der Waals surface area contributed by atoms with E-state index in [0.29, 0.717) is 5.56 Å². The zero-order valence-corrected chi connectivity index (χ0v) is 15.0. The standard InChI is InChI=1S/C18H23FO7/c1-18(2,3)26-17(23)11(13(20)4-5-15(21)22)6-10-7-12(19)16-14(8-10)24-9-25-16/h7-8,11,13,20H,4-6,9H2,1-3H3,(H,21,22)/t11-,13+/m0/s1. The molecule has 0 saturated carbocycles. The molecule has 0 aromatic heterocycles. The van der Waals surface area contributed by atoms with Gasteiger partial charge in [0.25, 0.3) is 0 Å². The number of carbonyl (C=O) groups excluding carboxylic acids is 1. The van der Waals surface area contributed by atoms with Crippen molar-refractivity contribution in [2.75, 3.05) is 6.79 Å². The first-order valence-corrected chi connectivity index (χ1v) is 8.27. The fraction of sp³-hybridized carbons (Fsp3) is 0.556. The smallest absolute Gasteiger partial charge is 0.312 e. The molecule has 0 bridgehead atoms. The maximum atomic E-state index is 14.1. The first-order chi connectivity index (χ1) is 12.1. The number of benzene rings is 1. The Morgan fingerprint density at radius 2 is 2.00 bits per heavy atom. The Hall–Kier alpha value is -2.35. The highest BCUT2D eigenvalue weighted by atomic mass is 19.1. The van der Waals surface area contributed by atoms with Crippen molar-refractivity contribution >= 4 is 11.9 Å². The molecule has 2 rings (SSSR count). The van der Waals surface area contributed by atoms with E-state index in [0.717, 1.165) is 0 Å². The number of rotatable bonds is 7. The number of carboxylic acid groups (broad SMARTS) is 1. The summed E-state index contributed by atoms with van der Waals surface area (Å²) in [5, 5.41) is 19.1. The molecule has 26 heavy (non-hydrogen) atoms. The lowest BCUT2D eigenvalue weighted by Crippen LogP contribution is -2.36. The Bertz CT molecular complexity index is 681. The Labute approximate surface area is 150 Å². The molecular weight excluding hydrogens is 347 g/mol. The van der Waals surface area contributed by atoms with Crippen LogP contribution >= 0.6 is 0 Å². The molecule has 0 spiro atoms. The van der Waals surface area contributed by atoms with Crippen LogP contribution in [0, 0.1) is 11.7 Å². The molecule has 0 amide bonds. The van der Waals surface area contributed by atoms with Gasteiger partial charge in [-0.15, -0.1) is 0 Å². The highest BCUT2D eigenvalue weighted by Gasteiger charge is 2.32. The van der Waals surface area contributed by atoms with Crippen LogP contribution in [-0.4, -0.2) is 40.6 Å². The molecule has 8 heteroatoms. The van der Waals surface area contributed by atoms with Crippen LogP contribution in [0.5, 0.6) is 11.5 Å². The monoisotopic (exact) mass is 370 g/mol. The van der Waals surface area contributed by atoms with Crippen molar-refractivity contribution < 1.29 is 38.4 Å². The maximum Gasteiger partial charge on any atom is 0.312 e. The summed E-state index contributed by atoms with van der Waals surface area (Å²) < 4.78 is 29.6. The van der Waals surface area contributed by atoms with Crippen molar-refractivity contribution in [3.05, 3.63) is 23.5 Å². The number of aliphatic hydroxyl groups excluding tert-OH is 1. The van der Waals surface area contributed by atoms with Crippen molar-refractivity contribution in [3.63, 3.8) is 0 Å². The van der Waals surface area contributed by atoms with E-state index in [1.165, 1.54) is 12.1 Å². The second-order valence-electron chi connectivity index (χ2n) is 7.16. The first-order valence-electron chi connectivity index (χ1n) is 8.27. The molecule has 2 atom stereocenters. The minimum atomic E-state index is -1.24. The van der Waals surface area contributed by atoms with Crippen molar-refractivity contribution in [1.82, 2.24) is 0 Å². The van der Waals surface area contributed by atoms with Crippen LogP contribution in [0.3, 0.4) is 0 Å². The highest BCUT2D eigenvalue weighted by Crippen LogP contribution is 2.36. The fourth-order valence-corrected chi connectivity index (χ4v) is 2.62. The summed E-state index contributed by atoms with van der Waals surface area (Å²) in [6.07, 6.45) is -1.68. The number of hydrogen-bond acceptors (Lipinski definition) is 6. The summed E-state index contributed by atoms with van der Waals surface area (Å²) >= 11 is 0. The molecule has 7 nitrogen and oxygen atoms in total. The van der Waals surface area contributed by atoms with Gasteiger partial charge >= 0.3 is 11.9 Å². The van der Waals surface area contributed by atoms with Gasteiger partial charge < -0.3 is 24.4 Å². The number of fused-ring (bicyclic) bond motifs is 1. The Kier molecular flexibility index (Phi) is 6.07. The zero-order chi connectivity index (χ0) is 19.5. The molecule has 0 radical (unpaired) electrons. The third-order valence-corrected chi connectivity index (χ3v) is 3.77. The number of halogens is 1. The second kappa shape index (κ2) is 7.90. The lowest BCUT2D eigenvalue weighted by molar-refractivity contribution is -0.164. The topological polar surface area (TPSA) is 102 Å². The van der Waals surface area contributed by atoms with Crippen LogP contribution in [-0.2, 0) is 20.7 Å². The van der Waals surface area contributed by atoms with Crippen LogP contribution in [0.2, 0.25) is 0 Å². The summed E-state index contributed by atoms with van der Waals surface area (Å²) in [5.74, 6) is -3.18. The lowest BCUT2D eigenvalue weighted by atomic mass is 9.91. The van der Waals surface area contributed by atoms with E-state index in [1.54, 1.807) is 20.8 Å². The van der Waals surface area contributed by atoms with Crippen molar-refractivity contribution in [2.45, 2.75) is 51.7 Å².